The lowest BCUT2D eigenvalue weighted by Crippen LogP contribution is -2.44. The molecule has 0 fully saturated rings. The van der Waals surface area contributed by atoms with Crippen LogP contribution >= 0.6 is 0 Å². The zero-order valence-corrected chi connectivity index (χ0v) is 16.7. The number of carbonyl (C=O) groups is 1. The second kappa shape index (κ2) is 9.76. The van der Waals surface area contributed by atoms with Gasteiger partial charge in [-0.2, -0.15) is 0 Å². The minimum atomic E-state index is -0.0644. The molecule has 0 atom stereocenters. The number of guanidine groups is 1. The van der Waals surface area contributed by atoms with Gasteiger partial charge in [0.25, 0.3) is 5.91 Å². The van der Waals surface area contributed by atoms with Crippen molar-refractivity contribution in [3.05, 3.63) is 71.3 Å². The first-order valence-corrected chi connectivity index (χ1v) is 9.27. The maximum absolute atomic E-state index is 11.7. The van der Waals surface area contributed by atoms with Gasteiger partial charge in [0.15, 0.2) is 5.96 Å². The third kappa shape index (κ3) is 6.13. The van der Waals surface area contributed by atoms with Crippen LogP contribution in [0.1, 0.15) is 35.3 Å². The molecule has 2 rings (SSSR count). The molecule has 0 aliphatic rings. The van der Waals surface area contributed by atoms with Gasteiger partial charge in [-0.3, -0.25) is 9.79 Å². The van der Waals surface area contributed by atoms with Crippen molar-refractivity contribution in [2.24, 2.45) is 4.99 Å². The Morgan fingerprint density at radius 1 is 1.04 bits per heavy atom. The van der Waals surface area contributed by atoms with Crippen molar-refractivity contribution in [2.45, 2.75) is 25.7 Å². The summed E-state index contributed by atoms with van der Waals surface area (Å²) >= 11 is 0. The zero-order chi connectivity index (χ0) is 19.7. The third-order valence-corrected chi connectivity index (χ3v) is 4.60. The lowest BCUT2D eigenvalue weighted by molar-refractivity contribution is 0.0963. The Balaban J connectivity index is 1.85. The summed E-state index contributed by atoms with van der Waals surface area (Å²) in [6.45, 7) is 5.95. The van der Waals surface area contributed by atoms with E-state index in [0.29, 0.717) is 5.56 Å². The van der Waals surface area contributed by atoms with Crippen LogP contribution in [0.25, 0.3) is 0 Å². The lowest BCUT2D eigenvalue weighted by atomic mass is 9.85. The summed E-state index contributed by atoms with van der Waals surface area (Å²) in [7, 11) is 3.42. The van der Waals surface area contributed by atoms with E-state index in [-0.39, 0.29) is 11.3 Å². The molecule has 2 aromatic carbocycles. The average molecular weight is 367 g/mol. The van der Waals surface area contributed by atoms with E-state index in [1.54, 1.807) is 14.1 Å². The number of benzene rings is 2. The molecule has 5 nitrogen and oxygen atoms in total. The first-order valence-electron chi connectivity index (χ1n) is 9.27. The monoisotopic (exact) mass is 366 g/mol. The minimum absolute atomic E-state index is 0.000720. The van der Waals surface area contributed by atoms with Gasteiger partial charge >= 0.3 is 0 Å². The molecule has 0 saturated carbocycles. The number of hydrogen-bond donors (Lipinski definition) is 3. The highest BCUT2D eigenvalue weighted by molar-refractivity contribution is 5.94. The van der Waals surface area contributed by atoms with E-state index in [1.807, 2.05) is 30.3 Å². The molecule has 27 heavy (non-hydrogen) atoms. The van der Waals surface area contributed by atoms with E-state index in [1.165, 1.54) is 5.56 Å². The molecule has 0 heterocycles. The normalized spacial score (nSPS) is 11.8. The van der Waals surface area contributed by atoms with Crippen molar-refractivity contribution in [3.8, 4) is 0 Å². The first kappa shape index (κ1) is 20.5. The van der Waals surface area contributed by atoms with Crippen LogP contribution in [0, 0.1) is 0 Å². The molecule has 144 valence electrons. The molecule has 0 spiro atoms. The quantitative estimate of drug-likeness (QED) is 0.521. The Hall–Kier alpha value is -2.82. The second-order valence-corrected chi connectivity index (χ2v) is 7.13. The van der Waals surface area contributed by atoms with Crippen molar-refractivity contribution in [1.29, 1.82) is 0 Å². The summed E-state index contributed by atoms with van der Waals surface area (Å²) in [6.07, 6.45) is 0.813. The molecule has 0 bridgehead atoms. The van der Waals surface area contributed by atoms with Gasteiger partial charge in [0.1, 0.15) is 0 Å². The number of rotatable bonds is 7. The Labute approximate surface area is 162 Å². The minimum Gasteiger partial charge on any atom is -0.356 e. The van der Waals surface area contributed by atoms with Gasteiger partial charge in [0.05, 0.1) is 0 Å². The van der Waals surface area contributed by atoms with Crippen LogP contribution in [0.5, 0.6) is 0 Å². The summed E-state index contributed by atoms with van der Waals surface area (Å²) in [5.74, 6) is 0.715. The highest BCUT2D eigenvalue weighted by atomic mass is 16.1. The van der Waals surface area contributed by atoms with Gasteiger partial charge in [0.2, 0.25) is 0 Å². The van der Waals surface area contributed by atoms with Gasteiger partial charge in [-0.15, -0.1) is 0 Å². The number of nitrogens with zero attached hydrogens (tertiary/aromatic N) is 1. The maximum atomic E-state index is 11.7. The van der Waals surface area contributed by atoms with Crippen LogP contribution in [0.3, 0.4) is 0 Å². The van der Waals surface area contributed by atoms with Gasteiger partial charge in [-0.05, 0) is 29.7 Å². The summed E-state index contributed by atoms with van der Waals surface area (Å²) in [6, 6.07) is 18.2. The fraction of sp³-hybridized carbons (Fsp3) is 0.364. The van der Waals surface area contributed by atoms with Gasteiger partial charge in [-0.1, -0.05) is 56.3 Å². The fourth-order valence-electron chi connectivity index (χ4n) is 2.85. The molecule has 1 amide bonds. The largest absolute Gasteiger partial charge is 0.356 e. The average Bonchev–Trinajstić information content (AvgIpc) is 2.70. The topological polar surface area (TPSA) is 65.5 Å². The van der Waals surface area contributed by atoms with Crippen LogP contribution in [0.4, 0.5) is 0 Å². The Bertz CT molecular complexity index is 769. The van der Waals surface area contributed by atoms with Crippen LogP contribution in [-0.2, 0) is 11.8 Å². The first-order chi connectivity index (χ1) is 13.0. The molecule has 5 heteroatoms. The Morgan fingerprint density at radius 3 is 2.44 bits per heavy atom. The van der Waals surface area contributed by atoms with Gasteiger partial charge < -0.3 is 16.0 Å². The molecule has 0 aliphatic carbocycles. The predicted octanol–water partition coefficient (Wildman–Crippen LogP) is 2.73. The SMILES string of the molecule is CN=C(NCCc1cccc(C(=O)NC)c1)NCC(C)(C)c1ccccc1. The standard InChI is InChI=1S/C22H30N4O/c1-22(2,19-11-6-5-7-12-19)16-26-21(24-4)25-14-13-17-9-8-10-18(15-17)20(27)23-3/h5-12,15H,13-14,16H2,1-4H3,(H,23,27)(H2,24,25,26). The lowest BCUT2D eigenvalue weighted by Gasteiger charge is -2.26. The van der Waals surface area contributed by atoms with Gasteiger partial charge in [0, 0.05) is 38.2 Å². The molecule has 0 unspecified atom stereocenters. The van der Waals surface area contributed by atoms with E-state index < -0.39 is 0 Å². The highest BCUT2D eigenvalue weighted by Gasteiger charge is 2.20. The predicted molar refractivity (Wildman–Crippen MR) is 112 cm³/mol. The van der Waals surface area contributed by atoms with Crippen LogP contribution in [-0.4, -0.2) is 39.1 Å². The van der Waals surface area contributed by atoms with Crippen molar-refractivity contribution in [1.82, 2.24) is 16.0 Å². The summed E-state index contributed by atoms with van der Waals surface area (Å²) in [5.41, 5.74) is 3.09. The molecular weight excluding hydrogens is 336 g/mol. The number of aliphatic imine (C=N–C) groups is 1. The molecule has 0 radical (unpaired) electrons. The molecule has 0 aliphatic heterocycles. The van der Waals surface area contributed by atoms with Crippen molar-refractivity contribution in [3.63, 3.8) is 0 Å². The van der Waals surface area contributed by atoms with Crippen LogP contribution in [0.2, 0.25) is 0 Å². The smallest absolute Gasteiger partial charge is 0.251 e. The van der Waals surface area contributed by atoms with Crippen LogP contribution in [0.15, 0.2) is 59.6 Å². The number of hydrogen-bond acceptors (Lipinski definition) is 2. The van der Waals surface area contributed by atoms with Crippen molar-refractivity contribution < 1.29 is 4.79 Å². The molecular formula is C22H30N4O. The van der Waals surface area contributed by atoms with E-state index >= 15 is 0 Å². The van der Waals surface area contributed by atoms with E-state index in [2.05, 4.69) is 59.1 Å². The summed E-state index contributed by atoms with van der Waals surface area (Å²) < 4.78 is 0. The van der Waals surface area contributed by atoms with E-state index in [4.69, 9.17) is 0 Å². The van der Waals surface area contributed by atoms with E-state index in [9.17, 15) is 4.79 Å². The fourth-order valence-corrected chi connectivity index (χ4v) is 2.85. The van der Waals surface area contributed by atoms with Crippen molar-refractivity contribution in [2.75, 3.05) is 27.2 Å². The molecule has 0 saturated heterocycles. The zero-order valence-electron chi connectivity index (χ0n) is 16.7. The third-order valence-electron chi connectivity index (χ3n) is 4.60. The van der Waals surface area contributed by atoms with E-state index in [0.717, 1.165) is 31.0 Å². The second-order valence-electron chi connectivity index (χ2n) is 7.13. The maximum Gasteiger partial charge on any atom is 0.251 e. The number of carbonyl (C=O) groups excluding carboxylic acids is 1. The number of nitrogens with one attached hydrogen (secondary N) is 3. The van der Waals surface area contributed by atoms with Gasteiger partial charge in [-0.25, -0.2) is 0 Å². The summed E-state index contributed by atoms with van der Waals surface area (Å²) in [5, 5.41) is 9.40. The summed E-state index contributed by atoms with van der Waals surface area (Å²) in [4.78, 5) is 16.0. The number of amides is 1. The molecule has 0 aromatic heterocycles. The highest BCUT2D eigenvalue weighted by Crippen LogP contribution is 2.21. The van der Waals surface area contributed by atoms with Crippen LogP contribution < -0.4 is 16.0 Å². The van der Waals surface area contributed by atoms with Crippen molar-refractivity contribution >= 4 is 11.9 Å². The Morgan fingerprint density at radius 2 is 1.78 bits per heavy atom. The molecule has 3 N–H and O–H groups in total. The Kier molecular flexibility index (Phi) is 7.41. The molecule has 2 aromatic rings.